The van der Waals surface area contributed by atoms with Crippen LogP contribution in [0, 0.1) is 16.0 Å². The Morgan fingerprint density at radius 2 is 2.25 bits per heavy atom. The number of fused-ring (bicyclic) bond motifs is 1. The fraction of sp³-hybridized carbons (Fsp3) is 0.385. The van der Waals surface area contributed by atoms with Crippen molar-refractivity contribution in [3.05, 3.63) is 34.6 Å². The van der Waals surface area contributed by atoms with Crippen LogP contribution in [0.3, 0.4) is 0 Å². The van der Waals surface area contributed by atoms with Gasteiger partial charge in [-0.1, -0.05) is 0 Å². The van der Waals surface area contributed by atoms with Crippen molar-refractivity contribution in [3.63, 3.8) is 0 Å². The van der Waals surface area contributed by atoms with E-state index in [1.54, 1.807) is 6.07 Å². The van der Waals surface area contributed by atoms with Gasteiger partial charge in [0.15, 0.2) is 0 Å². The molecule has 0 saturated heterocycles. The number of nitro benzene ring substituents is 1. The molecule has 20 heavy (non-hydrogen) atoms. The second kappa shape index (κ2) is 5.01. The van der Waals surface area contributed by atoms with Crippen molar-refractivity contribution in [1.82, 2.24) is 9.97 Å². The van der Waals surface area contributed by atoms with Gasteiger partial charge in [-0.15, -0.1) is 0 Å². The SMILES string of the molecule is NCC(Nc1ncnc2ccc([N+](=O)[O-])cc12)C1CC1. The minimum atomic E-state index is -0.419. The summed E-state index contributed by atoms with van der Waals surface area (Å²) in [6.07, 6.45) is 3.78. The van der Waals surface area contributed by atoms with Crippen LogP contribution >= 0.6 is 0 Å². The lowest BCUT2D eigenvalue weighted by molar-refractivity contribution is -0.384. The van der Waals surface area contributed by atoms with Crippen LogP contribution in [-0.2, 0) is 0 Å². The number of anilines is 1. The van der Waals surface area contributed by atoms with Crippen molar-refractivity contribution in [2.45, 2.75) is 18.9 Å². The van der Waals surface area contributed by atoms with E-state index in [-0.39, 0.29) is 11.7 Å². The second-order valence-electron chi connectivity index (χ2n) is 5.00. The highest BCUT2D eigenvalue weighted by molar-refractivity contribution is 5.90. The maximum atomic E-state index is 10.9. The Labute approximate surface area is 115 Å². The molecule has 0 bridgehead atoms. The van der Waals surface area contributed by atoms with Crippen molar-refractivity contribution in [2.24, 2.45) is 11.7 Å². The number of hydrogen-bond acceptors (Lipinski definition) is 6. The van der Waals surface area contributed by atoms with Crippen LogP contribution in [0.25, 0.3) is 10.9 Å². The van der Waals surface area contributed by atoms with Crippen molar-refractivity contribution in [2.75, 3.05) is 11.9 Å². The Hall–Kier alpha value is -2.28. The number of nitrogens with one attached hydrogen (secondary N) is 1. The summed E-state index contributed by atoms with van der Waals surface area (Å²) in [6.45, 7) is 0.519. The zero-order valence-electron chi connectivity index (χ0n) is 10.8. The number of hydrogen-bond donors (Lipinski definition) is 2. The Balaban J connectivity index is 2.00. The van der Waals surface area contributed by atoms with E-state index in [0.29, 0.717) is 29.2 Å². The number of benzene rings is 1. The average molecular weight is 273 g/mol. The Bertz CT molecular complexity index is 656. The molecule has 1 aliphatic rings. The third kappa shape index (κ3) is 2.39. The van der Waals surface area contributed by atoms with Gasteiger partial charge in [-0.05, 0) is 24.8 Å². The topological polar surface area (TPSA) is 107 Å². The lowest BCUT2D eigenvalue weighted by atomic mass is 10.1. The largest absolute Gasteiger partial charge is 0.365 e. The molecule has 0 radical (unpaired) electrons. The molecule has 7 nitrogen and oxygen atoms in total. The maximum absolute atomic E-state index is 10.9. The summed E-state index contributed by atoms with van der Waals surface area (Å²) in [5.74, 6) is 1.18. The molecule has 104 valence electrons. The van der Waals surface area contributed by atoms with Crippen LogP contribution in [0.5, 0.6) is 0 Å². The van der Waals surface area contributed by atoms with E-state index < -0.39 is 4.92 Å². The first-order chi connectivity index (χ1) is 9.69. The van der Waals surface area contributed by atoms with Gasteiger partial charge in [0.25, 0.3) is 5.69 Å². The number of nitro groups is 1. The van der Waals surface area contributed by atoms with E-state index in [0.717, 1.165) is 12.8 Å². The molecule has 1 fully saturated rings. The molecule has 0 aliphatic heterocycles. The van der Waals surface area contributed by atoms with E-state index in [2.05, 4.69) is 15.3 Å². The van der Waals surface area contributed by atoms with Gasteiger partial charge in [0.2, 0.25) is 0 Å². The summed E-state index contributed by atoms with van der Waals surface area (Å²) in [5, 5.41) is 14.8. The first-order valence-electron chi connectivity index (χ1n) is 6.55. The Morgan fingerprint density at radius 1 is 1.45 bits per heavy atom. The van der Waals surface area contributed by atoms with Gasteiger partial charge in [0.1, 0.15) is 12.1 Å². The normalized spacial score (nSPS) is 16.1. The standard InChI is InChI=1S/C13H15N5O2/c14-6-12(8-1-2-8)17-13-10-5-9(18(19)20)3-4-11(10)15-7-16-13/h3-5,7-8,12H,1-2,6,14H2,(H,15,16,17). The molecule has 3 rings (SSSR count). The lowest BCUT2D eigenvalue weighted by Gasteiger charge is -2.17. The van der Waals surface area contributed by atoms with E-state index in [1.165, 1.54) is 18.5 Å². The first-order valence-corrected chi connectivity index (χ1v) is 6.55. The Morgan fingerprint density at radius 3 is 2.90 bits per heavy atom. The monoisotopic (exact) mass is 273 g/mol. The number of non-ortho nitro benzene ring substituents is 1. The molecular formula is C13H15N5O2. The van der Waals surface area contributed by atoms with Gasteiger partial charge in [-0.2, -0.15) is 0 Å². The van der Waals surface area contributed by atoms with Crippen molar-refractivity contribution in [1.29, 1.82) is 0 Å². The average Bonchev–Trinajstić information content (AvgIpc) is 3.28. The third-order valence-electron chi connectivity index (χ3n) is 3.60. The fourth-order valence-corrected chi connectivity index (χ4v) is 2.32. The third-order valence-corrected chi connectivity index (χ3v) is 3.60. The highest BCUT2D eigenvalue weighted by Crippen LogP contribution is 2.34. The molecule has 1 aromatic carbocycles. The summed E-state index contributed by atoms with van der Waals surface area (Å²) in [6, 6.07) is 4.74. The van der Waals surface area contributed by atoms with Crippen LogP contribution in [0.1, 0.15) is 12.8 Å². The predicted octanol–water partition coefficient (Wildman–Crippen LogP) is 1.69. The van der Waals surface area contributed by atoms with Crippen molar-refractivity contribution in [3.8, 4) is 0 Å². The predicted molar refractivity (Wildman–Crippen MR) is 75.4 cm³/mol. The van der Waals surface area contributed by atoms with Crippen molar-refractivity contribution >= 4 is 22.4 Å². The highest BCUT2D eigenvalue weighted by atomic mass is 16.6. The van der Waals surface area contributed by atoms with Gasteiger partial charge in [0.05, 0.1) is 10.4 Å². The summed E-state index contributed by atoms with van der Waals surface area (Å²) in [7, 11) is 0. The molecule has 1 aliphatic carbocycles. The summed E-state index contributed by atoms with van der Waals surface area (Å²) in [4.78, 5) is 18.8. The minimum absolute atomic E-state index is 0.0334. The van der Waals surface area contributed by atoms with Crippen molar-refractivity contribution < 1.29 is 4.92 Å². The first kappa shape index (κ1) is 12.7. The van der Waals surface area contributed by atoms with Crippen LogP contribution in [0.15, 0.2) is 24.5 Å². The van der Waals surface area contributed by atoms with E-state index >= 15 is 0 Å². The molecule has 2 aromatic rings. The molecule has 0 amide bonds. The van der Waals surface area contributed by atoms with Gasteiger partial charge < -0.3 is 11.1 Å². The molecule has 1 aromatic heterocycles. The molecule has 0 spiro atoms. The van der Waals surface area contributed by atoms with E-state index in [4.69, 9.17) is 5.73 Å². The molecule has 1 saturated carbocycles. The quantitative estimate of drug-likeness (QED) is 0.634. The number of nitrogens with two attached hydrogens (primary N) is 1. The van der Waals surface area contributed by atoms with E-state index in [9.17, 15) is 10.1 Å². The minimum Gasteiger partial charge on any atom is -0.365 e. The van der Waals surface area contributed by atoms with E-state index in [1.807, 2.05) is 0 Å². The van der Waals surface area contributed by atoms with Gasteiger partial charge in [-0.3, -0.25) is 10.1 Å². The number of rotatable bonds is 5. The summed E-state index contributed by atoms with van der Waals surface area (Å²) in [5.41, 5.74) is 6.48. The van der Waals surface area contributed by atoms with Crippen LogP contribution in [0.2, 0.25) is 0 Å². The van der Waals surface area contributed by atoms with Gasteiger partial charge in [0, 0.05) is 30.1 Å². The van der Waals surface area contributed by atoms with Gasteiger partial charge in [-0.25, -0.2) is 9.97 Å². The fourth-order valence-electron chi connectivity index (χ4n) is 2.32. The molecule has 1 heterocycles. The Kier molecular flexibility index (Phi) is 3.19. The smallest absolute Gasteiger partial charge is 0.270 e. The molecule has 7 heteroatoms. The molecule has 3 N–H and O–H groups in total. The number of aromatic nitrogens is 2. The summed E-state index contributed by atoms with van der Waals surface area (Å²) < 4.78 is 0. The molecule has 1 unspecified atom stereocenters. The highest BCUT2D eigenvalue weighted by Gasteiger charge is 2.30. The number of nitrogens with zero attached hydrogens (tertiary/aromatic N) is 3. The van der Waals surface area contributed by atoms with Crippen LogP contribution < -0.4 is 11.1 Å². The summed E-state index contributed by atoms with van der Waals surface area (Å²) >= 11 is 0. The second-order valence-corrected chi connectivity index (χ2v) is 5.00. The van der Waals surface area contributed by atoms with Crippen LogP contribution in [0.4, 0.5) is 11.5 Å². The molecular weight excluding hydrogens is 258 g/mol. The maximum Gasteiger partial charge on any atom is 0.270 e. The van der Waals surface area contributed by atoms with Gasteiger partial charge >= 0.3 is 0 Å². The zero-order valence-corrected chi connectivity index (χ0v) is 10.8. The van der Waals surface area contributed by atoms with Crippen LogP contribution in [-0.4, -0.2) is 27.5 Å². The zero-order chi connectivity index (χ0) is 14.1. The molecule has 1 atom stereocenters. The lowest BCUT2D eigenvalue weighted by Crippen LogP contribution is -2.31.